The Hall–Kier alpha value is -2.32. The van der Waals surface area contributed by atoms with Crippen LogP contribution in [0.25, 0.3) is 0 Å². The van der Waals surface area contributed by atoms with Gasteiger partial charge in [0, 0.05) is 6.07 Å². The molecule has 3 N–H and O–H groups in total. The quantitative estimate of drug-likeness (QED) is 0.793. The molecule has 1 heterocycles. The van der Waals surface area contributed by atoms with E-state index in [-0.39, 0.29) is 11.1 Å². The van der Waals surface area contributed by atoms with E-state index in [9.17, 15) is 0 Å². The molecule has 0 aliphatic rings. The molecule has 2 aromatic rings. The highest BCUT2D eigenvalue weighted by molar-refractivity contribution is 6.29. The van der Waals surface area contributed by atoms with Crippen molar-refractivity contribution in [1.29, 1.82) is 5.26 Å². The zero-order valence-corrected chi connectivity index (χ0v) is 9.44. The van der Waals surface area contributed by atoms with Crippen LogP contribution in [0.15, 0.2) is 30.3 Å². The molecule has 2 rings (SSSR count). The fourth-order valence-corrected chi connectivity index (χ4v) is 1.52. The number of hydrogen-bond acceptors (Lipinski definition) is 5. The van der Waals surface area contributed by atoms with Gasteiger partial charge in [-0.05, 0) is 12.1 Å². The monoisotopic (exact) mass is 245 g/mol. The molecule has 0 aliphatic heterocycles. The second-order valence-corrected chi connectivity index (χ2v) is 3.60. The number of aromatic nitrogens is 2. The maximum Gasteiger partial charge on any atom is 0.223 e. The number of halogens is 1. The Bertz CT molecular complexity index is 570. The molecule has 0 bridgehead atoms. The molecule has 0 saturated carbocycles. The SMILES string of the molecule is N#Cc1ccccc1Nc1cc(Cl)nc(N)n1. The van der Waals surface area contributed by atoms with Crippen molar-refractivity contribution in [3.8, 4) is 6.07 Å². The van der Waals surface area contributed by atoms with Crippen LogP contribution in [0.3, 0.4) is 0 Å². The van der Waals surface area contributed by atoms with Crippen LogP contribution in [0.2, 0.25) is 5.15 Å². The van der Waals surface area contributed by atoms with Gasteiger partial charge in [-0.2, -0.15) is 10.2 Å². The number of rotatable bonds is 2. The molecule has 1 aromatic heterocycles. The Morgan fingerprint density at radius 1 is 1.29 bits per heavy atom. The Balaban J connectivity index is 2.35. The number of benzene rings is 1. The van der Waals surface area contributed by atoms with Gasteiger partial charge in [-0.15, -0.1) is 0 Å². The van der Waals surface area contributed by atoms with Crippen LogP contribution < -0.4 is 11.1 Å². The van der Waals surface area contributed by atoms with E-state index in [1.807, 2.05) is 6.07 Å². The van der Waals surface area contributed by atoms with Crippen LogP contribution in [0.4, 0.5) is 17.5 Å². The van der Waals surface area contributed by atoms with Crippen molar-refractivity contribution in [2.75, 3.05) is 11.1 Å². The molecule has 0 saturated heterocycles. The minimum atomic E-state index is 0.0782. The van der Waals surface area contributed by atoms with E-state index >= 15 is 0 Å². The fraction of sp³-hybridized carbons (Fsp3) is 0. The van der Waals surface area contributed by atoms with Gasteiger partial charge in [0.15, 0.2) is 0 Å². The lowest BCUT2D eigenvalue weighted by Crippen LogP contribution is -2.01. The number of nitriles is 1. The largest absolute Gasteiger partial charge is 0.368 e. The molecule has 0 atom stereocenters. The second kappa shape index (κ2) is 4.68. The lowest BCUT2D eigenvalue weighted by atomic mass is 10.2. The summed E-state index contributed by atoms with van der Waals surface area (Å²) in [5.41, 5.74) is 6.63. The molecule has 6 heteroatoms. The van der Waals surface area contributed by atoms with Crippen molar-refractivity contribution in [2.45, 2.75) is 0 Å². The van der Waals surface area contributed by atoms with Crippen LogP contribution in [0.5, 0.6) is 0 Å². The van der Waals surface area contributed by atoms with E-state index < -0.39 is 0 Å². The number of nitrogen functional groups attached to an aromatic ring is 1. The minimum absolute atomic E-state index is 0.0782. The number of anilines is 3. The normalized spacial score (nSPS) is 9.65. The van der Waals surface area contributed by atoms with Crippen molar-refractivity contribution in [3.05, 3.63) is 41.0 Å². The Morgan fingerprint density at radius 3 is 2.76 bits per heavy atom. The van der Waals surface area contributed by atoms with E-state index in [0.717, 1.165) is 0 Å². The summed E-state index contributed by atoms with van der Waals surface area (Å²) < 4.78 is 0. The van der Waals surface area contributed by atoms with Gasteiger partial charge in [-0.25, -0.2) is 4.98 Å². The molecule has 1 aromatic carbocycles. The maximum absolute atomic E-state index is 8.93. The van der Waals surface area contributed by atoms with Crippen LogP contribution >= 0.6 is 11.6 Å². The van der Waals surface area contributed by atoms with E-state index in [1.54, 1.807) is 18.2 Å². The smallest absolute Gasteiger partial charge is 0.223 e. The molecule has 17 heavy (non-hydrogen) atoms. The fourth-order valence-electron chi connectivity index (χ4n) is 1.33. The lowest BCUT2D eigenvalue weighted by molar-refractivity contribution is 1.18. The molecule has 0 aliphatic carbocycles. The van der Waals surface area contributed by atoms with E-state index in [1.165, 1.54) is 6.07 Å². The number of para-hydroxylation sites is 1. The van der Waals surface area contributed by atoms with Gasteiger partial charge in [0.05, 0.1) is 11.3 Å². The average molecular weight is 246 g/mol. The number of nitrogens with zero attached hydrogens (tertiary/aromatic N) is 3. The van der Waals surface area contributed by atoms with Crippen molar-refractivity contribution in [2.24, 2.45) is 0 Å². The molecule has 0 amide bonds. The summed E-state index contributed by atoms with van der Waals surface area (Å²) in [4.78, 5) is 7.71. The van der Waals surface area contributed by atoms with Crippen molar-refractivity contribution < 1.29 is 0 Å². The number of nitrogens with one attached hydrogen (secondary N) is 1. The van der Waals surface area contributed by atoms with Crippen LogP contribution in [-0.4, -0.2) is 9.97 Å². The third-order valence-corrected chi connectivity index (χ3v) is 2.22. The van der Waals surface area contributed by atoms with E-state index in [0.29, 0.717) is 17.1 Å². The third-order valence-electron chi connectivity index (χ3n) is 2.02. The van der Waals surface area contributed by atoms with E-state index in [4.69, 9.17) is 22.6 Å². The molecule has 0 spiro atoms. The van der Waals surface area contributed by atoms with Gasteiger partial charge >= 0.3 is 0 Å². The Kier molecular flexibility index (Phi) is 3.08. The molecule has 84 valence electrons. The standard InChI is InChI=1S/C11H8ClN5/c12-9-5-10(17-11(14)16-9)15-8-4-2-1-3-7(8)6-13/h1-5H,(H3,14,15,16,17). The predicted octanol–water partition coefficient (Wildman–Crippen LogP) is 2.33. The lowest BCUT2D eigenvalue weighted by Gasteiger charge is -2.07. The first kappa shape index (κ1) is 11.2. The van der Waals surface area contributed by atoms with Crippen molar-refractivity contribution >= 4 is 29.1 Å². The van der Waals surface area contributed by atoms with Gasteiger partial charge < -0.3 is 11.1 Å². The van der Waals surface area contributed by atoms with Crippen LogP contribution in [0.1, 0.15) is 5.56 Å². The van der Waals surface area contributed by atoms with Gasteiger partial charge in [0.1, 0.15) is 17.0 Å². The summed E-state index contributed by atoms with van der Waals surface area (Å²) in [5, 5.41) is 12.1. The van der Waals surface area contributed by atoms with Crippen molar-refractivity contribution in [3.63, 3.8) is 0 Å². The summed E-state index contributed by atoms with van der Waals surface area (Å²) in [7, 11) is 0. The number of nitrogens with two attached hydrogens (primary N) is 1. The molecule has 0 unspecified atom stereocenters. The highest BCUT2D eigenvalue weighted by Gasteiger charge is 2.04. The summed E-state index contributed by atoms with van der Waals surface area (Å²) >= 11 is 5.75. The molecule has 0 fully saturated rings. The van der Waals surface area contributed by atoms with Crippen LogP contribution in [0, 0.1) is 11.3 Å². The molecule has 0 radical (unpaired) electrons. The first-order valence-electron chi connectivity index (χ1n) is 4.75. The minimum Gasteiger partial charge on any atom is -0.368 e. The molecule has 5 nitrogen and oxygen atoms in total. The summed E-state index contributed by atoms with van der Waals surface area (Å²) in [6.45, 7) is 0. The zero-order chi connectivity index (χ0) is 12.3. The topological polar surface area (TPSA) is 87.6 Å². The summed E-state index contributed by atoms with van der Waals surface area (Å²) in [6, 6.07) is 10.7. The van der Waals surface area contributed by atoms with Crippen LogP contribution in [-0.2, 0) is 0 Å². The maximum atomic E-state index is 8.93. The third kappa shape index (κ3) is 2.62. The van der Waals surface area contributed by atoms with Crippen molar-refractivity contribution in [1.82, 2.24) is 9.97 Å². The second-order valence-electron chi connectivity index (χ2n) is 3.22. The zero-order valence-electron chi connectivity index (χ0n) is 8.68. The first-order valence-corrected chi connectivity index (χ1v) is 5.13. The summed E-state index contributed by atoms with van der Waals surface area (Å²) in [5.74, 6) is 0.527. The highest BCUT2D eigenvalue weighted by Crippen LogP contribution is 2.20. The molecular weight excluding hydrogens is 238 g/mol. The van der Waals surface area contributed by atoms with Gasteiger partial charge in [-0.1, -0.05) is 23.7 Å². The van der Waals surface area contributed by atoms with Gasteiger partial charge in [-0.3, -0.25) is 0 Å². The highest BCUT2D eigenvalue weighted by atomic mass is 35.5. The number of hydrogen-bond donors (Lipinski definition) is 2. The predicted molar refractivity (Wildman–Crippen MR) is 65.9 cm³/mol. The van der Waals surface area contributed by atoms with Gasteiger partial charge in [0.25, 0.3) is 0 Å². The Labute approximate surface area is 103 Å². The summed E-state index contributed by atoms with van der Waals surface area (Å²) in [6.07, 6.45) is 0. The van der Waals surface area contributed by atoms with Gasteiger partial charge in [0.2, 0.25) is 5.95 Å². The van der Waals surface area contributed by atoms with E-state index in [2.05, 4.69) is 21.4 Å². The average Bonchev–Trinajstić information content (AvgIpc) is 2.28. The first-order chi connectivity index (χ1) is 8.19. The molecular formula is C11H8ClN5. The Morgan fingerprint density at radius 2 is 2.06 bits per heavy atom.